The number of aromatic nitrogens is 2. The van der Waals surface area contributed by atoms with Gasteiger partial charge in [0.1, 0.15) is 17.1 Å². The van der Waals surface area contributed by atoms with Crippen molar-refractivity contribution in [1.82, 2.24) is 15.1 Å². The fourth-order valence-electron chi connectivity index (χ4n) is 3.00. The van der Waals surface area contributed by atoms with E-state index < -0.39 is 5.97 Å². The van der Waals surface area contributed by atoms with Crippen molar-refractivity contribution in [2.75, 3.05) is 0 Å². The molecule has 2 aromatic heterocycles. The number of hydrogen-bond donors (Lipinski definition) is 2. The van der Waals surface area contributed by atoms with Crippen LogP contribution in [0, 0.1) is 20.8 Å². The van der Waals surface area contributed by atoms with Gasteiger partial charge in [-0.25, -0.2) is 9.48 Å². The zero-order valence-corrected chi connectivity index (χ0v) is 15.4. The topological polar surface area (TPSA) is 97.4 Å². The van der Waals surface area contributed by atoms with E-state index in [0.29, 0.717) is 11.5 Å². The average Bonchev–Trinajstić information content (AvgIpc) is 3.15. The number of carbonyl (C=O) groups is 2. The second kappa shape index (κ2) is 7.49. The maximum absolute atomic E-state index is 12.4. The van der Waals surface area contributed by atoms with E-state index in [0.717, 1.165) is 22.6 Å². The number of benzene rings is 1. The minimum atomic E-state index is -1.05. The van der Waals surface area contributed by atoms with Crippen molar-refractivity contribution in [3.63, 3.8) is 0 Å². The molecule has 0 bridgehead atoms. The first-order chi connectivity index (χ1) is 12.9. The predicted octanol–water partition coefficient (Wildman–Crippen LogP) is 2.95. The van der Waals surface area contributed by atoms with Crippen LogP contribution in [0.1, 0.15) is 38.8 Å². The molecule has 2 N–H and O–H groups in total. The first-order valence-electron chi connectivity index (χ1n) is 8.56. The molecule has 0 aliphatic rings. The summed E-state index contributed by atoms with van der Waals surface area (Å²) in [6.45, 7) is 5.53. The minimum Gasteiger partial charge on any atom is -0.478 e. The highest BCUT2D eigenvalue weighted by Gasteiger charge is 2.17. The number of amides is 1. The minimum absolute atomic E-state index is 0.107. The summed E-state index contributed by atoms with van der Waals surface area (Å²) < 4.78 is 7.20. The average molecular weight is 367 g/mol. The van der Waals surface area contributed by atoms with Gasteiger partial charge in [-0.1, -0.05) is 18.2 Å². The summed E-state index contributed by atoms with van der Waals surface area (Å²) in [5.74, 6) is -0.498. The van der Waals surface area contributed by atoms with Gasteiger partial charge in [-0.2, -0.15) is 5.10 Å². The first kappa shape index (κ1) is 18.4. The number of aryl methyl sites for hydroxylation is 2. The van der Waals surface area contributed by atoms with Crippen LogP contribution in [0.3, 0.4) is 0 Å². The summed E-state index contributed by atoms with van der Waals surface area (Å²) in [6.07, 6.45) is 0.190. The second-order valence-corrected chi connectivity index (χ2v) is 6.34. The number of hydrogen-bond acceptors (Lipinski definition) is 4. The molecule has 0 spiro atoms. The van der Waals surface area contributed by atoms with E-state index in [4.69, 9.17) is 9.52 Å². The summed E-state index contributed by atoms with van der Waals surface area (Å²) in [4.78, 5) is 23.4. The number of carboxylic acid groups (broad SMARTS) is 1. The molecule has 0 atom stereocenters. The van der Waals surface area contributed by atoms with Gasteiger partial charge < -0.3 is 14.8 Å². The Morgan fingerprint density at radius 1 is 1.19 bits per heavy atom. The molecular weight excluding hydrogens is 346 g/mol. The third-order valence-corrected chi connectivity index (χ3v) is 4.44. The zero-order valence-electron chi connectivity index (χ0n) is 15.4. The predicted molar refractivity (Wildman–Crippen MR) is 99.0 cm³/mol. The lowest BCUT2D eigenvalue weighted by Gasteiger charge is -2.06. The number of para-hydroxylation sites is 1. The Labute approximate surface area is 156 Å². The van der Waals surface area contributed by atoms with Crippen molar-refractivity contribution in [3.8, 4) is 5.69 Å². The molecule has 0 saturated heterocycles. The highest BCUT2D eigenvalue weighted by atomic mass is 16.4. The van der Waals surface area contributed by atoms with E-state index in [2.05, 4.69) is 10.4 Å². The van der Waals surface area contributed by atoms with E-state index in [9.17, 15) is 9.59 Å². The van der Waals surface area contributed by atoms with Crippen molar-refractivity contribution in [2.45, 2.75) is 33.7 Å². The van der Waals surface area contributed by atoms with Crippen molar-refractivity contribution in [3.05, 3.63) is 70.4 Å². The number of carboxylic acids is 1. The fourth-order valence-corrected chi connectivity index (χ4v) is 3.00. The number of furan rings is 1. The summed E-state index contributed by atoms with van der Waals surface area (Å²) >= 11 is 0. The van der Waals surface area contributed by atoms with Gasteiger partial charge in [0.05, 0.1) is 24.3 Å². The second-order valence-electron chi connectivity index (χ2n) is 6.34. The number of aromatic carboxylic acids is 1. The maximum atomic E-state index is 12.4. The lowest BCUT2D eigenvalue weighted by molar-refractivity contribution is -0.120. The maximum Gasteiger partial charge on any atom is 0.339 e. The molecule has 3 aromatic rings. The van der Waals surface area contributed by atoms with Gasteiger partial charge in [0.25, 0.3) is 0 Å². The number of carbonyl (C=O) groups excluding carboxylic acids is 1. The monoisotopic (exact) mass is 367 g/mol. The molecule has 0 saturated carbocycles. The van der Waals surface area contributed by atoms with Crippen LogP contribution in [-0.2, 0) is 17.8 Å². The SMILES string of the molecule is Cc1nn(-c2ccccc2)c(C)c1CC(=O)NCc1cc(C(=O)O)c(C)o1. The van der Waals surface area contributed by atoms with Gasteiger partial charge in [-0.15, -0.1) is 0 Å². The number of nitrogens with one attached hydrogen (secondary N) is 1. The number of rotatable bonds is 6. The van der Waals surface area contributed by atoms with Crippen LogP contribution in [0.4, 0.5) is 0 Å². The molecule has 1 amide bonds. The summed E-state index contributed by atoms with van der Waals surface area (Å²) in [6, 6.07) is 11.2. The molecule has 0 aliphatic heterocycles. The molecule has 3 rings (SSSR count). The largest absolute Gasteiger partial charge is 0.478 e. The Balaban J connectivity index is 1.69. The summed E-state index contributed by atoms with van der Waals surface area (Å²) in [5.41, 5.74) is 3.63. The molecule has 2 heterocycles. The van der Waals surface area contributed by atoms with Crippen LogP contribution >= 0.6 is 0 Å². The highest BCUT2D eigenvalue weighted by Crippen LogP contribution is 2.19. The van der Waals surface area contributed by atoms with Crippen molar-refractivity contribution < 1.29 is 19.1 Å². The standard InChI is InChI=1S/C20H21N3O4/c1-12-17(13(2)23(22-12)15-7-5-4-6-8-15)10-19(24)21-11-16-9-18(20(25)26)14(3)27-16/h4-9H,10-11H2,1-3H3,(H,21,24)(H,25,26). The van der Waals surface area contributed by atoms with Crippen LogP contribution in [-0.4, -0.2) is 26.8 Å². The van der Waals surface area contributed by atoms with Crippen molar-refractivity contribution in [2.24, 2.45) is 0 Å². The molecular formula is C20H21N3O4. The van der Waals surface area contributed by atoms with E-state index >= 15 is 0 Å². The summed E-state index contributed by atoms with van der Waals surface area (Å²) in [7, 11) is 0. The number of nitrogens with zero attached hydrogens (tertiary/aromatic N) is 2. The van der Waals surface area contributed by atoms with E-state index in [1.165, 1.54) is 6.07 Å². The van der Waals surface area contributed by atoms with E-state index in [1.807, 2.05) is 48.9 Å². The van der Waals surface area contributed by atoms with Gasteiger partial charge in [-0.05, 0) is 39.0 Å². The van der Waals surface area contributed by atoms with Crippen LogP contribution in [0.2, 0.25) is 0 Å². The van der Waals surface area contributed by atoms with E-state index in [-0.39, 0.29) is 24.4 Å². The van der Waals surface area contributed by atoms with Crippen LogP contribution in [0.15, 0.2) is 40.8 Å². The quantitative estimate of drug-likeness (QED) is 0.698. The molecule has 0 unspecified atom stereocenters. The first-order valence-corrected chi connectivity index (χ1v) is 8.56. The zero-order chi connectivity index (χ0) is 19.6. The van der Waals surface area contributed by atoms with Gasteiger partial charge >= 0.3 is 5.97 Å². The van der Waals surface area contributed by atoms with Gasteiger partial charge in [-0.3, -0.25) is 4.79 Å². The van der Waals surface area contributed by atoms with Crippen LogP contribution in [0.25, 0.3) is 5.69 Å². The van der Waals surface area contributed by atoms with Crippen molar-refractivity contribution >= 4 is 11.9 Å². The molecule has 27 heavy (non-hydrogen) atoms. The Bertz CT molecular complexity index is 986. The normalized spacial score (nSPS) is 10.8. The van der Waals surface area contributed by atoms with Crippen molar-refractivity contribution in [1.29, 1.82) is 0 Å². The molecule has 1 aromatic carbocycles. The van der Waals surface area contributed by atoms with Crippen LogP contribution < -0.4 is 5.32 Å². The third-order valence-electron chi connectivity index (χ3n) is 4.44. The van der Waals surface area contributed by atoms with Gasteiger partial charge in [0, 0.05) is 11.3 Å². The molecule has 0 radical (unpaired) electrons. The van der Waals surface area contributed by atoms with Gasteiger partial charge in [0.2, 0.25) is 5.91 Å². The Morgan fingerprint density at radius 2 is 1.89 bits per heavy atom. The smallest absolute Gasteiger partial charge is 0.339 e. The highest BCUT2D eigenvalue weighted by molar-refractivity contribution is 5.88. The lowest BCUT2D eigenvalue weighted by Crippen LogP contribution is -2.24. The lowest BCUT2D eigenvalue weighted by atomic mass is 10.1. The third kappa shape index (κ3) is 3.92. The Kier molecular flexibility index (Phi) is 5.12. The molecule has 7 heteroatoms. The van der Waals surface area contributed by atoms with Crippen LogP contribution in [0.5, 0.6) is 0 Å². The Hall–Kier alpha value is -3.35. The van der Waals surface area contributed by atoms with E-state index in [1.54, 1.807) is 6.92 Å². The fraction of sp³-hybridized carbons (Fsp3) is 0.250. The molecule has 140 valence electrons. The molecule has 0 fully saturated rings. The Morgan fingerprint density at radius 3 is 2.52 bits per heavy atom. The molecule has 7 nitrogen and oxygen atoms in total. The molecule has 0 aliphatic carbocycles. The summed E-state index contributed by atoms with van der Waals surface area (Å²) in [5, 5.41) is 16.4. The van der Waals surface area contributed by atoms with Gasteiger partial charge in [0.15, 0.2) is 0 Å².